The minimum Gasteiger partial charge on any atom is -0.422 e. The molecule has 0 heterocycles. The minimum absolute atomic E-state index is 0.139. The molecule has 10 nitrogen and oxygen atoms in total. The first-order chi connectivity index (χ1) is 15.8. The zero-order valence-corrected chi connectivity index (χ0v) is 17.3. The lowest BCUT2D eigenvalue weighted by atomic mass is 10.2. The number of anilines is 1. The van der Waals surface area contributed by atoms with Gasteiger partial charge in [-0.25, -0.2) is 10.2 Å². The van der Waals surface area contributed by atoms with Gasteiger partial charge in [-0.3, -0.25) is 19.7 Å². The Balaban J connectivity index is 1.65. The number of carbonyl (C=O) groups is 3. The Morgan fingerprint density at radius 1 is 0.939 bits per heavy atom. The van der Waals surface area contributed by atoms with Crippen LogP contribution in [0.1, 0.15) is 33.2 Å². The standard InChI is InChI=1S/C23H18N4O6/c1-15(28)25-19-10-6-16(7-11-19)22(29)26-24-14-18-4-2-3-5-21(18)33-23(30)17-8-12-20(13-9-17)27(31)32/h2-14H,1H3,(H,25,28)(H,26,29). The smallest absolute Gasteiger partial charge is 0.343 e. The van der Waals surface area contributed by atoms with Gasteiger partial charge in [0.1, 0.15) is 5.75 Å². The second-order valence-electron chi connectivity index (χ2n) is 6.69. The van der Waals surface area contributed by atoms with E-state index in [-0.39, 0.29) is 22.9 Å². The zero-order valence-electron chi connectivity index (χ0n) is 17.3. The Hall–Kier alpha value is -4.86. The van der Waals surface area contributed by atoms with Crippen LogP contribution >= 0.6 is 0 Å². The highest BCUT2D eigenvalue weighted by Gasteiger charge is 2.13. The second-order valence-corrected chi connectivity index (χ2v) is 6.69. The zero-order chi connectivity index (χ0) is 23.8. The molecule has 0 aliphatic heterocycles. The number of amides is 2. The Labute approximate surface area is 188 Å². The third-order valence-electron chi connectivity index (χ3n) is 4.27. The lowest BCUT2D eigenvalue weighted by Gasteiger charge is -2.07. The van der Waals surface area contributed by atoms with Crippen molar-refractivity contribution in [2.24, 2.45) is 5.10 Å². The number of hydrazone groups is 1. The molecule has 2 amide bonds. The van der Waals surface area contributed by atoms with E-state index in [9.17, 15) is 24.5 Å². The summed E-state index contributed by atoms with van der Waals surface area (Å²) in [7, 11) is 0. The molecule has 10 heteroatoms. The van der Waals surface area contributed by atoms with Gasteiger partial charge in [0, 0.05) is 35.9 Å². The van der Waals surface area contributed by atoms with Crippen molar-refractivity contribution in [1.29, 1.82) is 0 Å². The molecule has 166 valence electrons. The number of benzene rings is 3. The van der Waals surface area contributed by atoms with Crippen molar-refractivity contribution >= 4 is 35.4 Å². The second kappa shape index (κ2) is 10.4. The number of ether oxygens (including phenoxy) is 1. The molecule has 0 atom stereocenters. The highest BCUT2D eigenvalue weighted by Crippen LogP contribution is 2.19. The molecule has 2 N–H and O–H groups in total. The largest absolute Gasteiger partial charge is 0.422 e. The van der Waals surface area contributed by atoms with Crippen LogP contribution in [0.5, 0.6) is 5.75 Å². The normalized spacial score (nSPS) is 10.5. The summed E-state index contributed by atoms with van der Waals surface area (Å²) in [6.07, 6.45) is 1.32. The summed E-state index contributed by atoms with van der Waals surface area (Å²) in [4.78, 5) is 45.9. The summed E-state index contributed by atoms with van der Waals surface area (Å²) in [5.74, 6) is -1.20. The minimum atomic E-state index is -0.700. The van der Waals surface area contributed by atoms with Crippen molar-refractivity contribution in [2.45, 2.75) is 6.92 Å². The number of carbonyl (C=O) groups excluding carboxylic acids is 3. The van der Waals surface area contributed by atoms with Crippen LogP contribution in [0.25, 0.3) is 0 Å². The van der Waals surface area contributed by atoms with Crippen molar-refractivity contribution < 1.29 is 24.0 Å². The number of non-ortho nitro benzene ring substituents is 1. The van der Waals surface area contributed by atoms with Crippen LogP contribution in [0.4, 0.5) is 11.4 Å². The number of rotatable bonds is 7. The van der Waals surface area contributed by atoms with E-state index in [4.69, 9.17) is 4.74 Å². The number of hydrogen-bond acceptors (Lipinski definition) is 7. The third-order valence-corrected chi connectivity index (χ3v) is 4.27. The Bertz CT molecular complexity index is 1220. The quantitative estimate of drug-likeness (QED) is 0.187. The molecule has 0 aliphatic carbocycles. The van der Waals surface area contributed by atoms with Gasteiger partial charge in [0.25, 0.3) is 11.6 Å². The predicted molar refractivity (Wildman–Crippen MR) is 120 cm³/mol. The summed E-state index contributed by atoms with van der Waals surface area (Å²) in [6.45, 7) is 1.39. The van der Waals surface area contributed by atoms with Gasteiger partial charge < -0.3 is 10.1 Å². The molecule has 0 radical (unpaired) electrons. The van der Waals surface area contributed by atoms with Crippen molar-refractivity contribution in [3.63, 3.8) is 0 Å². The molecule has 0 fully saturated rings. The van der Waals surface area contributed by atoms with Crippen molar-refractivity contribution in [2.75, 3.05) is 5.32 Å². The van der Waals surface area contributed by atoms with E-state index in [2.05, 4.69) is 15.8 Å². The van der Waals surface area contributed by atoms with Gasteiger partial charge in [0.15, 0.2) is 0 Å². The van der Waals surface area contributed by atoms with Gasteiger partial charge in [-0.05, 0) is 48.5 Å². The molecule has 33 heavy (non-hydrogen) atoms. The molecular weight excluding hydrogens is 428 g/mol. The van der Waals surface area contributed by atoms with Crippen LogP contribution in [0.2, 0.25) is 0 Å². The maximum absolute atomic E-state index is 12.4. The molecule has 0 bridgehead atoms. The van der Waals surface area contributed by atoms with E-state index in [1.165, 1.54) is 49.5 Å². The monoisotopic (exact) mass is 446 g/mol. The molecule has 3 rings (SSSR count). The molecule has 0 saturated heterocycles. The third kappa shape index (κ3) is 6.31. The SMILES string of the molecule is CC(=O)Nc1ccc(C(=O)NN=Cc2ccccc2OC(=O)c2ccc([N+](=O)[O-])cc2)cc1. The number of esters is 1. The Morgan fingerprint density at radius 3 is 2.21 bits per heavy atom. The number of nitro groups is 1. The fourth-order valence-electron chi connectivity index (χ4n) is 2.69. The number of nitro benzene ring substituents is 1. The van der Waals surface area contributed by atoms with Crippen LogP contribution in [-0.2, 0) is 4.79 Å². The first kappa shape index (κ1) is 22.8. The molecule has 3 aromatic carbocycles. The Morgan fingerprint density at radius 2 is 1.58 bits per heavy atom. The van der Waals surface area contributed by atoms with Gasteiger partial charge in [0.2, 0.25) is 5.91 Å². The van der Waals surface area contributed by atoms with Gasteiger partial charge in [-0.1, -0.05) is 12.1 Å². The topological polar surface area (TPSA) is 140 Å². The Kier molecular flexibility index (Phi) is 7.22. The molecule has 0 aromatic heterocycles. The fourth-order valence-corrected chi connectivity index (χ4v) is 2.69. The summed E-state index contributed by atoms with van der Waals surface area (Å²) >= 11 is 0. The van der Waals surface area contributed by atoms with E-state index in [1.807, 2.05) is 0 Å². The lowest BCUT2D eigenvalue weighted by molar-refractivity contribution is -0.384. The van der Waals surface area contributed by atoms with Crippen molar-refractivity contribution in [3.8, 4) is 5.75 Å². The number of para-hydroxylation sites is 1. The summed E-state index contributed by atoms with van der Waals surface area (Å²) in [5, 5.41) is 17.2. The first-order valence-electron chi connectivity index (χ1n) is 9.60. The van der Waals surface area contributed by atoms with E-state index in [0.29, 0.717) is 16.8 Å². The number of nitrogens with zero attached hydrogens (tertiary/aromatic N) is 2. The van der Waals surface area contributed by atoms with E-state index in [0.717, 1.165) is 0 Å². The van der Waals surface area contributed by atoms with Crippen LogP contribution in [0.15, 0.2) is 77.9 Å². The molecule has 0 spiro atoms. The van der Waals surface area contributed by atoms with Gasteiger partial charge in [0.05, 0.1) is 16.7 Å². The highest BCUT2D eigenvalue weighted by molar-refractivity contribution is 5.97. The molecule has 0 aliphatic rings. The molecule has 3 aromatic rings. The number of hydrogen-bond donors (Lipinski definition) is 2. The highest BCUT2D eigenvalue weighted by atomic mass is 16.6. The summed E-state index contributed by atoms with van der Waals surface area (Å²) in [6, 6.07) is 17.8. The number of nitrogens with one attached hydrogen (secondary N) is 2. The van der Waals surface area contributed by atoms with Crippen molar-refractivity contribution in [3.05, 3.63) is 99.6 Å². The van der Waals surface area contributed by atoms with E-state index in [1.54, 1.807) is 36.4 Å². The lowest BCUT2D eigenvalue weighted by Crippen LogP contribution is -2.18. The van der Waals surface area contributed by atoms with Gasteiger partial charge in [-0.2, -0.15) is 5.10 Å². The maximum Gasteiger partial charge on any atom is 0.343 e. The molecule has 0 unspecified atom stereocenters. The summed E-state index contributed by atoms with van der Waals surface area (Å²) < 4.78 is 5.37. The van der Waals surface area contributed by atoms with Crippen molar-refractivity contribution in [1.82, 2.24) is 5.43 Å². The van der Waals surface area contributed by atoms with Crippen LogP contribution in [0, 0.1) is 10.1 Å². The predicted octanol–water partition coefficient (Wildman–Crippen LogP) is 3.54. The summed E-state index contributed by atoms with van der Waals surface area (Å²) in [5.41, 5.74) is 3.70. The fraction of sp³-hybridized carbons (Fsp3) is 0.0435. The average molecular weight is 446 g/mol. The van der Waals surface area contributed by atoms with Gasteiger partial charge in [-0.15, -0.1) is 0 Å². The van der Waals surface area contributed by atoms with Crippen LogP contribution in [-0.4, -0.2) is 28.9 Å². The van der Waals surface area contributed by atoms with Gasteiger partial charge >= 0.3 is 5.97 Å². The average Bonchev–Trinajstić information content (AvgIpc) is 2.80. The first-order valence-corrected chi connectivity index (χ1v) is 9.60. The van der Waals surface area contributed by atoms with Crippen LogP contribution < -0.4 is 15.5 Å². The molecular formula is C23H18N4O6. The van der Waals surface area contributed by atoms with E-state index >= 15 is 0 Å². The van der Waals surface area contributed by atoms with Crippen LogP contribution in [0.3, 0.4) is 0 Å². The van der Waals surface area contributed by atoms with E-state index < -0.39 is 16.8 Å². The maximum atomic E-state index is 12.4. The molecule has 0 saturated carbocycles.